The normalized spacial score (nSPS) is 14.3. The smallest absolute Gasteiger partial charge is 0.238 e. The Morgan fingerprint density at radius 2 is 0.937 bits per heavy atom. The van der Waals surface area contributed by atoms with Crippen LogP contribution in [0.1, 0.15) is 49.9 Å². The van der Waals surface area contributed by atoms with Gasteiger partial charge in [-0.15, -0.1) is 22.7 Å². The van der Waals surface area contributed by atoms with Gasteiger partial charge in [0.2, 0.25) is 5.95 Å². The van der Waals surface area contributed by atoms with E-state index in [1.165, 1.54) is 84.9 Å². The average molecular weight is 845 g/mol. The fraction of sp³-hybridized carbons (Fsp3) is 0.105. The van der Waals surface area contributed by atoms with Crippen molar-refractivity contribution in [2.75, 3.05) is 4.90 Å². The van der Waals surface area contributed by atoms with Crippen molar-refractivity contribution in [1.29, 1.82) is 0 Å². The largest absolute Gasteiger partial charge is 0.277 e. The minimum Gasteiger partial charge on any atom is -0.277 e. The van der Waals surface area contributed by atoms with Gasteiger partial charge in [0.15, 0.2) is 11.6 Å². The molecule has 0 radical (unpaired) electrons. The summed E-state index contributed by atoms with van der Waals surface area (Å²) in [5, 5.41) is 4.87. The van der Waals surface area contributed by atoms with Gasteiger partial charge in [0, 0.05) is 57.6 Å². The summed E-state index contributed by atoms with van der Waals surface area (Å²) < 4.78 is 4.91. The Labute approximate surface area is 373 Å². The lowest BCUT2D eigenvalue weighted by Crippen LogP contribution is -2.16. The molecule has 300 valence electrons. The minimum absolute atomic E-state index is 0.115. The molecule has 8 aromatic carbocycles. The van der Waals surface area contributed by atoms with Crippen LogP contribution in [-0.2, 0) is 10.8 Å². The predicted molar refractivity (Wildman–Crippen MR) is 266 cm³/mol. The molecule has 3 aromatic heterocycles. The van der Waals surface area contributed by atoms with Crippen LogP contribution >= 0.6 is 22.7 Å². The highest BCUT2D eigenvalue weighted by Gasteiger charge is 2.37. The van der Waals surface area contributed by atoms with Gasteiger partial charge in [0.25, 0.3) is 0 Å². The first kappa shape index (κ1) is 36.6. The fourth-order valence-electron chi connectivity index (χ4n) is 10.6. The number of anilines is 3. The molecule has 2 aliphatic rings. The third kappa shape index (κ3) is 5.29. The van der Waals surface area contributed by atoms with Gasteiger partial charge in [0.05, 0.1) is 16.1 Å². The maximum atomic E-state index is 5.58. The molecule has 0 aliphatic heterocycles. The summed E-state index contributed by atoms with van der Waals surface area (Å²) in [7, 11) is 0. The summed E-state index contributed by atoms with van der Waals surface area (Å²) in [6, 6.07) is 62.0. The first-order chi connectivity index (χ1) is 30.7. The van der Waals surface area contributed by atoms with Crippen molar-refractivity contribution in [3.05, 3.63) is 192 Å². The SMILES string of the molecule is CC1(C)c2ccccc2-c2cc(-c3nc(-c4ccc5c(c4)C(C)(C)c4ccccc4-5)nc(N(c4cccc5c4sc4ccccc45)c4cccc5sc6ccccc6c45)n3)ccc21. The van der Waals surface area contributed by atoms with E-state index in [0.717, 1.165) is 22.5 Å². The van der Waals surface area contributed by atoms with E-state index in [1.54, 1.807) is 0 Å². The molecule has 0 atom stereocenters. The molecule has 13 rings (SSSR count). The van der Waals surface area contributed by atoms with Crippen LogP contribution in [0.2, 0.25) is 0 Å². The second-order valence-electron chi connectivity index (χ2n) is 18.0. The first-order valence-electron chi connectivity index (χ1n) is 21.6. The summed E-state index contributed by atoms with van der Waals surface area (Å²) in [5.41, 5.74) is 14.0. The quantitative estimate of drug-likeness (QED) is 0.173. The van der Waals surface area contributed by atoms with Crippen molar-refractivity contribution in [2.45, 2.75) is 38.5 Å². The Morgan fingerprint density at radius 3 is 1.71 bits per heavy atom. The van der Waals surface area contributed by atoms with E-state index in [9.17, 15) is 0 Å². The van der Waals surface area contributed by atoms with Crippen LogP contribution in [0.3, 0.4) is 0 Å². The van der Waals surface area contributed by atoms with Gasteiger partial charge in [0.1, 0.15) is 0 Å². The molecule has 4 nitrogen and oxygen atoms in total. The second-order valence-corrected chi connectivity index (χ2v) is 20.1. The van der Waals surface area contributed by atoms with Crippen LogP contribution in [0.5, 0.6) is 0 Å². The molecule has 0 unspecified atom stereocenters. The second kappa shape index (κ2) is 13.3. The lowest BCUT2D eigenvalue weighted by molar-refractivity contribution is 0.660. The number of benzene rings is 8. The highest BCUT2D eigenvalue weighted by Crippen LogP contribution is 2.52. The Kier molecular flexibility index (Phi) is 7.71. The molecular formula is C57H40N4S2. The monoisotopic (exact) mass is 844 g/mol. The third-order valence-electron chi connectivity index (χ3n) is 13.8. The molecule has 0 N–H and O–H groups in total. The highest BCUT2D eigenvalue weighted by atomic mass is 32.1. The molecule has 0 saturated heterocycles. The van der Waals surface area contributed by atoms with Crippen LogP contribution in [0.15, 0.2) is 170 Å². The van der Waals surface area contributed by atoms with Gasteiger partial charge >= 0.3 is 0 Å². The van der Waals surface area contributed by atoms with E-state index < -0.39 is 0 Å². The fourth-order valence-corrected chi connectivity index (χ4v) is 13.0. The summed E-state index contributed by atoms with van der Waals surface area (Å²) >= 11 is 3.65. The number of nitrogens with zero attached hydrogens (tertiary/aromatic N) is 4. The van der Waals surface area contributed by atoms with Crippen LogP contribution < -0.4 is 4.90 Å². The van der Waals surface area contributed by atoms with E-state index in [-0.39, 0.29) is 10.8 Å². The van der Waals surface area contributed by atoms with Crippen molar-refractivity contribution >= 4 is 80.3 Å². The molecule has 6 heteroatoms. The minimum atomic E-state index is -0.181. The number of hydrogen-bond acceptors (Lipinski definition) is 6. The van der Waals surface area contributed by atoms with Gasteiger partial charge in [-0.2, -0.15) is 9.97 Å². The van der Waals surface area contributed by atoms with Crippen LogP contribution in [-0.4, -0.2) is 15.0 Å². The van der Waals surface area contributed by atoms with Crippen molar-refractivity contribution in [3.63, 3.8) is 0 Å². The van der Waals surface area contributed by atoms with E-state index >= 15 is 0 Å². The van der Waals surface area contributed by atoms with Crippen molar-refractivity contribution in [3.8, 4) is 45.0 Å². The summed E-state index contributed by atoms with van der Waals surface area (Å²) in [6.07, 6.45) is 0. The van der Waals surface area contributed by atoms with Crippen molar-refractivity contribution in [1.82, 2.24) is 15.0 Å². The van der Waals surface area contributed by atoms with E-state index in [0.29, 0.717) is 17.6 Å². The third-order valence-corrected chi connectivity index (χ3v) is 16.1. The number of fused-ring (bicyclic) bond motifs is 12. The lowest BCUT2D eigenvalue weighted by Gasteiger charge is -2.26. The predicted octanol–water partition coefficient (Wildman–Crippen LogP) is 16.0. The van der Waals surface area contributed by atoms with E-state index in [1.807, 2.05) is 22.7 Å². The average Bonchev–Trinajstić information content (AvgIpc) is 4.02. The zero-order valence-electron chi connectivity index (χ0n) is 35.3. The van der Waals surface area contributed by atoms with E-state index in [4.69, 9.17) is 15.0 Å². The summed E-state index contributed by atoms with van der Waals surface area (Å²) in [6.45, 7) is 9.31. The van der Waals surface area contributed by atoms with Crippen LogP contribution in [0.4, 0.5) is 17.3 Å². The topological polar surface area (TPSA) is 41.9 Å². The van der Waals surface area contributed by atoms with Gasteiger partial charge < -0.3 is 0 Å². The van der Waals surface area contributed by atoms with Crippen LogP contribution in [0.25, 0.3) is 85.4 Å². The molecule has 0 bridgehead atoms. The molecule has 11 aromatic rings. The van der Waals surface area contributed by atoms with Crippen molar-refractivity contribution < 1.29 is 0 Å². The number of aromatic nitrogens is 3. The van der Waals surface area contributed by atoms with Crippen molar-refractivity contribution in [2.24, 2.45) is 0 Å². The Bertz CT molecular complexity index is 3720. The molecule has 63 heavy (non-hydrogen) atoms. The molecule has 0 fully saturated rings. The lowest BCUT2D eigenvalue weighted by atomic mass is 9.82. The van der Waals surface area contributed by atoms with E-state index in [2.05, 4.69) is 202 Å². The molecular weight excluding hydrogens is 805 g/mol. The number of thiophene rings is 2. The Morgan fingerprint density at radius 1 is 0.397 bits per heavy atom. The summed E-state index contributed by atoms with van der Waals surface area (Å²) in [5.74, 6) is 1.85. The molecule has 3 heterocycles. The Hall–Kier alpha value is -6.99. The standard InChI is InChI=1S/C57H40N4S2/c1-56(2)43-21-10-6-16-36(43)41-31-33(28-30-44(41)56)53-58-54(34-27-29-37-35-15-5-9-20-42(35)57(3,4)45(37)32-34)60-55(59-53)61(46-22-14-26-50-51(46)40-18-8-12-25-49(40)62-50)47-23-13-19-39-38-17-7-11-24-48(38)63-52(39)47/h5-32H,1-4H3. The van der Waals surface area contributed by atoms with Gasteiger partial charge in [-0.3, -0.25) is 4.90 Å². The first-order valence-corrected chi connectivity index (χ1v) is 23.2. The Balaban J connectivity index is 1.11. The number of hydrogen-bond donors (Lipinski definition) is 0. The summed E-state index contributed by atoms with van der Waals surface area (Å²) in [4.78, 5) is 18.9. The van der Waals surface area contributed by atoms with Gasteiger partial charge in [-0.05, 0) is 87.0 Å². The molecule has 2 aliphatic carbocycles. The molecule has 0 spiro atoms. The zero-order chi connectivity index (χ0) is 42.2. The maximum Gasteiger partial charge on any atom is 0.238 e. The van der Waals surface area contributed by atoms with Gasteiger partial charge in [-0.25, -0.2) is 4.98 Å². The highest BCUT2D eigenvalue weighted by molar-refractivity contribution is 7.26. The number of rotatable bonds is 5. The maximum absolute atomic E-state index is 5.58. The van der Waals surface area contributed by atoms with Gasteiger partial charge in [-0.1, -0.05) is 155 Å². The molecule has 0 amide bonds. The van der Waals surface area contributed by atoms with Crippen LogP contribution in [0, 0.1) is 0 Å². The molecule has 0 saturated carbocycles. The zero-order valence-corrected chi connectivity index (χ0v) is 36.9.